The van der Waals surface area contributed by atoms with Crippen LogP contribution in [0.25, 0.3) is 0 Å². The lowest BCUT2D eigenvalue weighted by atomic mass is 9.91. The molecule has 2 rings (SSSR count). The van der Waals surface area contributed by atoms with E-state index < -0.39 is 0 Å². The molecule has 0 aliphatic carbocycles. The SMILES string of the molecule is Cc1cscc1C(O)CC1CCOCC1. The van der Waals surface area contributed by atoms with Crippen LogP contribution in [0.5, 0.6) is 0 Å². The van der Waals surface area contributed by atoms with Crippen molar-refractivity contribution >= 4 is 11.3 Å². The molecule has 1 fully saturated rings. The van der Waals surface area contributed by atoms with Gasteiger partial charge in [0.1, 0.15) is 0 Å². The minimum absolute atomic E-state index is 0.278. The largest absolute Gasteiger partial charge is 0.388 e. The minimum atomic E-state index is -0.278. The molecule has 1 aliphatic heterocycles. The van der Waals surface area contributed by atoms with Gasteiger partial charge in [0, 0.05) is 13.2 Å². The van der Waals surface area contributed by atoms with E-state index in [0.717, 1.165) is 38.0 Å². The Morgan fingerprint density at radius 3 is 2.80 bits per heavy atom. The van der Waals surface area contributed by atoms with Gasteiger partial charge in [0.05, 0.1) is 6.10 Å². The van der Waals surface area contributed by atoms with Crippen LogP contribution in [0.1, 0.15) is 36.5 Å². The number of aliphatic hydroxyl groups is 1. The van der Waals surface area contributed by atoms with Crippen molar-refractivity contribution in [2.45, 2.75) is 32.3 Å². The summed E-state index contributed by atoms with van der Waals surface area (Å²) in [5.74, 6) is 0.632. The van der Waals surface area contributed by atoms with E-state index in [1.165, 1.54) is 5.56 Å². The molecule has 1 aromatic heterocycles. The Bertz CT molecular complexity index is 302. The zero-order valence-electron chi connectivity index (χ0n) is 9.11. The highest BCUT2D eigenvalue weighted by molar-refractivity contribution is 7.08. The monoisotopic (exact) mass is 226 g/mol. The zero-order valence-corrected chi connectivity index (χ0v) is 9.93. The van der Waals surface area contributed by atoms with E-state index >= 15 is 0 Å². The second-order valence-electron chi connectivity index (χ2n) is 4.32. The van der Waals surface area contributed by atoms with Crippen LogP contribution in [-0.2, 0) is 4.74 Å². The summed E-state index contributed by atoms with van der Waals surface area (Å²) < 4.78 is 5.32. The summed E-state index contributed by atoms with van der Waals surface area (Å²) >= 11 is 1.67. The number of aryl methyl sites for hydroxylation is 1. The van der Waals surface area contributed by atoms with Gasteiger partial charge in [-0.25, -0.2) is 0 Å². The Morgan fingerprint density at radius 2 is 2.20 bits per heavy atom. The molecule has 0 saturated carbocycles. The standard InChI is InChI=1S/C12H18O2S/c1-9-7-15-8-11(9)12(13)6-10-2-4-14-5-3-10/h7-8,10,12-13H,2-6H2,1H3. The van der Waals surface area contributed by atoms with E-state index in [-0.39, 0.29) is 6.10 Å². The number of aliphatic hydroxyl groups excluding tert-OH is 1. The van der Waals surface area contributed by atoms with E-state index in [1.54, 1.807) is 11.3 Å². The van der Waals surface area contributed by atoms with Gasteiger partial charge in [-0.1, -0.05) is 0 Å². The van der Waals surface area contributed by atoms with E-state index in [4.69, 9.17) is 4.74 Å². The van der Waals surface area contributed by atoms with Crippen molar-refractivity contribution in [2.75, 3.05) is 13.2 Å². The van der Waals surface area contributed by atoms with Crippen molar-refractivity contribution in [1.82, 2.24) is 0 Å². The lowest BCUT2D eigenvalue weighted by molar-refractivity contribution is 0.0435. The quantitative estimate of drug-likeness (QED) is 0.858. The van der Waals surface area contributed by atoms with Gasteiger partial charge in [0.2, 0.25) is 0 Å². The highest BCUT2D eigenvalue weighted by Gasteiger charge is 2.20. The van der Waals surface area contributed by atoms with Crippen LogP contribution >= 0.6 is 11.3 Å². The Balaban J connectivity index is 1.91. The average molecular weight is 226 g/mol. The predicted octanol–water partition coefficient (Wildman–Crippen LogP) is 2.91. The first-order chi connectivity index (χ1) is 7.27. The normalized spacial score (nSPS) is 20.4. The summed E-state index contributed by atoms with van der Waals surface area (Å²) in [7, 11) is 0. The Kier molecular flexibility index (Phi) is 3.78. The molecule has 0 bridgehead atoms. The average Bonchev–Trinajstić information content (AvgIpc) is 2.66. The summed E-state index contributed by atoms with van der Waals surface area (Å²) in [6.45, 7) is 3.79. The number of hydrogen-bond acceptors (Lipinski definition) is 3. The van der Waals surface area contributed by atoms with Crippen LogP contribution in [0.15, 0.2) is 10.8 Å². The van der Waals surface area contributed by atoms with Crippen molar-refractivity contribution in [3.63, 3.8) is 0 Å². The molecule has 3 heteroatoms. The number of hydrogen-bond donors (Lipinski definition) is 1. The van der Waals surface area contributed by atoms with Gasteiger partial charge >= 0.3 is 0 Å². The molecule has 84 valence electrons. The van der Waals surface area contributed by atoms with Gasteiger partial charge in [-0.15, -0.1) is 0 Å². The number of thiophene rings is 1. The molecule has 1 N–H and O–H groups in total. The molecule has 15 heavy (non-hydrogen) atoms. The summed E-state index contributed by atoms with van der Waals surface area (Å²) in [5.41, 5.74) is 2.34. The molecule has 1 saturated heterocycles. The highest BCUT2D eigenvalue weighted by Crippen LogP contribution is 2.30. The van der Waals surface area contributed by atoms with Crippen molar-refractivity contribution in [2.24, 2.45) is 5.92 Å². The third-order valence-electron chi connectivity index (χ3n) is 3.15. The maximum absolute atomic E-state index is 10.1. The lowest BCUT2D eigenvalue weighted by Gasteiger charge is -2.24. The fourth-order valence-electron chi connectivity index (χ4n) is 2.14. The van der Waals surface area contributed by atoms with Gasteiger partial charge in [0.15, 0.2) is 0 Å². The van der Waals surface area contributed by atoms with Crippen LogP contribution in [-0.4, -0.2) is 18.3 Å². The molecule has 1 aromatic rings. The van der Waals surface area contributed by atoms with Gasteiger partial charge in [-0.05, 0) is 54.0 Å². The van der Waals surface area contributed by atoms with Gasteiger partial charge < -0.3 is 9.84 Å². The van der Waals surface area contributed by atoms with E-state index in [1.807, 2.05) is 0 Å². The third-order valence-corrected chi connectivity index (χ3v) is 4.03. The van der Waals surface area contributed by atoms with Crippen LogP contribution in [0.4, 0.5) is 0 Å². The molecule has 1 unspecified atom stereocenters. The van der Waals surface area contributed by atoms with Crippen molar-refractivity contribution in [3.8, 4) is 0 Å². The van der Waals surface area contributed by atoms with Crippen molar-refractivity contribution in [3.05, 3.63) is 21.9 Å². The van der Waals surface area contributed by atoms with Crippen molar-refractivity contribution < 1.29 is 9.84 Å². The van der Waals surface area contributed by atoms with Gasteiger partial charge in [0.25, 0.3) is 0 Å². The third kappa shape index (κ3) is 2.80. The summed E-state index contributed by atoms with van der Waals surface area (Å²) in [5, 5.41) is 14.3. The van der Waals surface area contributed by atoms with E-state index in [9.17, 15) is 5.11 Å². The molecule has 2 nitrogen and oxygen atoms in total. The van der Waals surface area contributed by atoms with E-state index in [0.29, 0.717) is 5.92 Å². The number of ether oxygens (including phenoxy) is 1. The Labute approximate surface area is 94.9 Å². The fourth-order valence-corrected chi connectivity index (χ4v) is 3.03. The van der Waals surface area contributed by atoms with Crippen LogP contribution in [0, 0.1) is 12.8 Å². The highest BCUT2D eigenvalue weighted by atomic mass is 32.1. The lowest BCUT2D eigenvalue weighted by Crippen LogP contribution is -2.18. The maximum Gasteiger partial charge on any atom is 0.0803 e. The molecule has 2 heterocycles. The second kappa shape index (κ2) is 5.10. The Morgan fingerprint density at radius 1 is 1.47 bits per heavy atom. The molecule has 0 aromatic carbocycles. The smallest absolute Gasteiger partial charge is 0.0803 e. The molecular weight excluding hydrogens is 208 g/mol. The summed E-state index contributed by atoms with van der Waals surface area (Å²) in [4.78, 5) is 0. The second-order valence-corrected chi connectivity index (χ2v) is 5.06. The molecule has 1 aliphatic rings. The zero-order chi connectivity index (χ0) is 10.7. The maximum atomic E-state index is 10.1. The summed E-state index contributed by atoms with van der Waals surface area (Å²) in [6.07, 6.45) is 2.81. The van der Waals surface area contributed by atoms with Crippen LogP contribution in [0.3, 0.4) is 0 Å². The predicted molar refractivity (Wildman–Crippen MR) is 62.2 cm³/mol. The van der Waals surface area contributed by atoms with Crippen molar-refractivity contribution in [1.29, 1.82) is 0 Å². The summed E-state index contributed by atoms with van der Waals surface area (Å²) in [6, 6.07) is 0. The Hall–Kier alpha value is -0.380. The molecule has 0 amide bonds. The molecule has 0 radical (unpaired) electrons. The minimum Gasteiger partial charge on any atom is -0.388 e. The molecule has 0 spiro atoms. The first-order valence-electron chi connectivity index (χ1n) is 5.56. The van der Waals surface area contributed by atoms with Crippen LogP contribution in [0.2, 0.25) is 0 Å². The van der Waals surface area contributed by atoms with Crippen LogP contribution < -0.4 is 0 Å². The van der Waals surface area contributed by atoms with E-state index in [2.05, 4.69) is 17.7 Å². The molecular formula is C12H18O2S. The van der Waals surface area contributed by atoms with Gasteiger partial charge in [-0.2, -0.15) is 11.3 Å². The first kappa shape index (κ1) is 11.1. The first-order valence-corrected chi connectivity index (χ1v) is 6.50. The number of rotatable bonds is 3. The van der Waals surface area contributed by atoms with Gasteiger partial charge in [-0.3, -0.25) is 0 Å². The molecule has 1 atom stereocenters. The fraction of sp³-hybridized carbons (Fsp3) is 0.667. The topological polar surface area (TPSA) is 29.5 Å².